The van der Waals surface area contributed by atoms with Crippen molar-refractivity contribution >= 4 is 43.6 Å². The fourth-order valence-corrected chi connectivity index (χ4v) is 7.31. The van der Waals surface area contributed by atoms with Crippen LogP contribution in [0.4, 0.5) is 0 Å². The van der Waals surface area contributed by atoms with Gasteiger partial charge in [0.2, 0.25) is 0 Å². The van der Waals surface area contributed by atoms with Gasteiger partial charge in [0.1, 0.15) is 11.6 Å². The minimum Gasteiger partial charge on any atom is -0.294 e. The molecule has 0 aliphatic heterocycles. The SMILES string of the molecule is Cc1cccc(-n2c(-c3ccc(-n4c5ccccc5c5ccccc54)nc3)nnc2-c2ccc(-n3c4ccccc4c4ccccc43)nc2)c1. The van der Waals surface area contributed by atoms with E-state index in [1.807, 2.05) is 12.4 Å². The van der Waals surface area contributed by atoms with Gasteiger partial charge in [-0.05, 0) is 73.2 Å². The van der Waals surface area contributed by atoms with E-state index in [1.165, 1.54) is 21.5 Å². The molecular formula is C43H29N7. The maximum atomic E-state index is 4.99. The lowest BCUT2D eigenvalue weighted by Gasteiger charge is -2.13. The van der Waals surface area contributed by atoms with Crippen LogP contribution in [-0.2, 0) is 0 Å². The number of hydrogen-bond acceptors (Lipinski definition) is 4. The molecule has 0 aliphatic rings. The van der Waals surface area contributed by atoms with Crippen LogP contribution >= 0.6 is 0 Å². The normalized spacial score (nSPS) is 11.7. The summed E-state index contributed by atoms with van der Waals surface area (Å²) in [4.78, 5) is 9.98. The second-order valence-electron chi connectivity index (χ2n) is 12.6. The van der Waals surface area contributed by atoms with E-state index in [9.17, 15) is 0 Å². The average molecular weight is 644 g/mol. The van der Waals surface area contributed by atoms with Gasteiger partial charge in [-0.25, -0.2) is 9.97 Å². The van der Waals surface area contributed by atoms with E-state index in [0.29, 0.717) is 11.6 Å². The number of pyridine rings is 2. The standard InChI is InChI=1S/C43H29N7/c1-28-11-10-12-31(25-28)48-42(29-21-23-40(44-26-29)49-36-17-6-2-13-32(36)33-14-3-7-18-37(33)49)46-47-43(48)30-22-24-41(45-27-30)50-38-19-8-4-15-34(38)35-16-5-9-20-39(35)50/h2-27H,1H3. The molecule has 5 aromatic heterocycles. The van der Waals surface area contributed by atoms with E-state index in [-0.39, 0.29) is 0 Å². The second kappa shape index (κ2) is 11.1. The van der Waals surface area contributed by atoms with Crippen LogP contribution in [0.15, 0.2) is 158 Å². The van der Waals surface area contributed by atoms with Crippen molar-refractivity contribution in [3.63, 3.8) is 0 Å². The Bertz CT molecular complexity index is 2590. The Morgan fingerprint density at radius 3 is 1.20 bits per heavy atom. The molecule has 7 nitrogen and oxygen atoms in total. The van der Waals surface area contributed by atoms with Crippen molar-refractivity contribution < 1.29 is 0 Å². The summed E-state index contributed by atoms with van der Waals surface area (Å²) in [6, 6.07) is 50.5. The van der Waals surface area contributed by atoms with Crippen LogP contribution in [0.1, 0.15) is 5.56 Å². The minimum atomic E-state index is 0.707. The molecule has 0 radical (unpaired) electrons. The molecule has 10 rings (SSSR count). The van der Waals surface area contributed by atoms with Crippen molar-refractivity contribution in [1.82, 2.24) is 33.9 Å². The van der Waals surface area contributed by atoms with Crippen LogP contribution in [0.5, 0.6) is 0 Å². The van der Waals surface area contributed by atoms with Crippen molar-refractivity contribution in [3.05, 3.63) is 164 Å². The Hall–Kier alpha value is -6.86. The third kappa shape index (κ3) is 4.30. The highest BCUT2D eigenvalue weighted by Gasteiger charge is 2.20. The molecule has 0 aliphatic carbocycles. The molecule has 0 saturated carbocycles. The van der Waals surface area contributed by atoms with Gasteiger partial charge in [0.05, 0.1) is 22.1 Å². The largest absolute Gasteiger partial charge is 0.294 e. The van der Waals surface area contributed by atoms with Gasteiger partial charge in [0, 0.05) is 50.8 Å². The van der Waals surface area contributed by atoms with Crippen LogP contribution in [0.2, 0.25) is 0 Å². The summed E-state index contributed by atoms with van der Waals surface area (Å²) in [6.45, 7) is 2.09. The molecule has 0 saturated heterocycles. The second-order valence-corrected chi connectivity index (χ2v) is 12.6. The monoisotopic (exact) mass is 643 g/mol. The van der Waals surface area contributed by atoms with Crippen molar-refractivity contribution in [2.45, 2.75) is 6.92 Å². The van der Waals surface area contributed by atoms with Gasteiger partial charge in [-0.3, -0.25) is 13.7 Å². The van der Waals surface area contributed by atoms with Crippen molar-refractivity contribution in [1.29, 1.82) is 0 Å². The first-order valence-corrected chi connectivity index (χ1v) is 16.7. The summed E-state index contributed by atoms with van der Waals surface area (Å²) in [5.74, 6) is 3.10. The summed E-state index contributed by atoms with van der Waals surface area (Å²) in [6.07, 6.45) is 3.78. The molecule has 10 aromatic rings. The lowest BCUT2D eigenvalue weighted by Crippen LogP contribution is -2.03. The number of nitrogens with zero attached hydrogens (tertiary/aromatic N) is 7. The Labute approximate surface area is 287 Å². The lowest BCUT2D eigenvalue weighted by atomic mass is 10.2. The zero-order chi connectivity index (χ0) is 33.2. The van der Waals surface area contributed by atoms with Gasteiger partial charge in [-0.1, -0.05) is 84.9 Å². The van der Waals surface area contributed by atoms with Crippen LogP contribution in [0.3, 0.4) is 0 Å². The van der Waals surface area contributed by atoms with Crippen LogP contribution in [0, 0.1) is 6.92 Å². The molecule has 5 heterocycles. The molecule has 0 N–H and O–H groups in total. The quantitative estimate of drug-likeness (QED) is 0.187. The summed E-state index contributed by atoms with van der Waals surface area (Å²) in [7, 11) is 0. The van der Waals surface area contributed by atoms with E-state index in [1.54, 1.807) is 0 Å². The Balaban J connectivity index is 1.09. The van der Waals surface area contributed by atoms with Crippen LogP contribution in [0.25, 0.3) is 83.7 Å². The number of rotatable bonds is 5. The first-order valence-electron chi connectivity index (χ1n) is 16.7. The highest BCUT2D eigenvalue weighted by atomic mass is 15.3. The summed E-state index contributed by atoms with van der Waals surface area (Å²) < 4.78 is 6.53. The van der Waals surface area contributed by atoms with E-state index >= 15 is 0 Å². The molecule has 0 spiro atoms. The molecule has 0 atom stereocenters. The molecule has 0 fully saturated rings. The third-order valence-corrected chi connectivity index (χ3v) is 9.55. The predicted octanol–water partition coefficient (Wildman–Crippen LogP) is 9.89. The zero-order valence-electron chi connectivity index (χ0n) is 27.1. The van der Waals surface area contributed by atoms with Gasteiger partial charge in [0.15, 0.2) is 11.6 Å². The number of aryl methyl sites for hydroxylation is 1. The Morgan fingerprint density at radius 1 is 0.400 bits per heavy atom. The average Bonchev–Trinajstić information content (AvgIpc) is 3.86. The van der Waals surface area contributed by atoms with Crippen molar-refractivity contribution in [2.24, 2.45) is 0 Å². The maximum Gasteiger partial charge on any atom is 0.170 e. The maximum absolute atomic E-state index is 4.99. The Morgan fingerprint density at radius 2 is 0.820 bits per heavy atom. The smallest absolute Gasteiger partial charge is 0.170 e. The molecule has 7 heteroatoms. The molecule has 0 bridgehead atoms. The summed E-state index contributed by atoms with van der Waals surface area (Å²) in [5.41, 5.74) is 8.33. The Kier molecular flexibility index (Phi) is 6.26. The first kappa shape index (κ1) is 28.2. The van der Waals surface area contributed by atoms with E-state index in [2.05, 4.69) is 166 Å². The van der Waals surface area contributed by atoms with Gasteiger partial charge in [-0.2, -0.15) is 0 Å². The molecule has 236 valence electrons. The first-order chi connectivity index (χ1) is 24.7. The van der Waals surface area contributed by atoms with Crippen LogP contribution in [-0.4, -0.2) is 33.9 Å². The summed E-state index contributed by atoms with van der Waals surface area (Å²) in [5, 5.41) is 14.3. The van der Waals surface area contributed by atoms with Gasteiger partial charge in [-0.15, -0.1) is 10.2 Å². The number of aromatic nitrogens is 7. The number of fused-ring (bicyclic) bond motifs is 6. The van der Waals surface area contributed by atoms with Gasteiger partial charge in [0.25, 0.3) is 0 Å². The van der Waals surface area contributed by atoms with E-state index in [0.717, 1.165) is 56.1 Å². The number of para-hydroxylation sites is 4. The zero-order valence-corrected chi connectivity index (χ0v) is 27.1. The fraction of sp³-hybridized carbons (Fsp3) is 0.0233. The van der Waals surface area contributed by atoms with E-state index < -0.39 is 0 Å². The predicted molar refractivity (Wildman–Crippen MR) is 201 cm³/mol. The van der Waals surface area contributed by atoms with Crippen LogP contribution < -0.4 is 0 Å². The summed E-state index contributed by atoms with van der Waals surface area (Å²) >= 11 is 0. The molecule has 0 unspecified atom stereocenters. The number of benzene rings is 5. The van der Waals surface area contributed by atoms with Crippen molar-refractivity contribution in [3.8, 4) is 40.1 Å². The molecule has 0 amide bonds. The fourth-order valence-electron chi connectivity index (χ4n) is 7.31. The minimum absolute atomic E-state index is 0.707. The van der Waals surface area contributed by atoms with E-state index in [4.69, 9.17) is 20.2 Å². The third-order valence-electron chi connectivity index (χ3n) is 9.55. The van der Waals surface area contributed by atoms with Gasteiger partial charge < -0.3 is 0 Å². The van der Waals surface area contributed by atoms with Gasteiger partial charge >= 0.3 is 0 Å². The van der Waals surface area contributed by atoms with Crippen molar-refractivity contribution in [2.75, 3.05) is 0 Å². The number of hydrogen-bond donors (Lipinski definition) is 0. The lowest BCUT2D eigenvalue weighted by molar-refractivity contribution is 1.04. The highest BCUT2D eigenvalue weighted by molar-refractivity contribution is 6.10. The topological polar surface area (TPSA) is 66.3 Å². The molecule has 5 aromatic carbocycles. The highest BCUT2D eigenvalue weighted by Crippen LogP contribution is 2.34. The molecular weight excluding hydrogens is 615 g/mol. The molecule has 50 heavy (non-hydrogen) atoms.